The number of halogens is 2. The smallest absolute Gasteiger partial charge is 0.263 e. The molecule has 2 aliphatic heterocycles. The lowest BCUT2D eigenvalue weighted by molar-refractivity contribution is -0.138. The molecule has 2 saturated heterocycles. The van der Waals surface area contributed by atoms with Gasteiger partial charge < -0.3 is 14.7 Å². The first-order valence-corrected chi connectivity index (χ1v) is 11.9. The van der Waals surface area contributed by atoms with Crippen molar-refractivity contribution in [3.05, 3.63) is 56.2 Å². The first kappa shape index (κ1) is 22.1. The molecular weight excluding hydrogens is 457 g/mol. The van der Waals surface area contributed by atoms with Crippen molar-refractivity contribution in [2.24, 2.45) is 5.92 Å². The molecule has 164 valence electrons. The summed E-state index contributed by atoms with van der Waals surface area (Å²) < 4.78 is 0. The highest BCUT2D eigenvalue weighted by Gasteiger charge is 2.33. The van der Waals surface area contributed by atoms with Crippen molar-refractivity contribution in [1.82, 2.24) is 14.7 Å². The fourth-order valence-electron chi connectivity index (χ4n) is 4.13. The van der Waals surface area contributed by atoms with Crippen LogP contribution in [0.1, 0.15) is 32.9 Å². The van der Waals surface area contributed by atoms with Crippen LogP contribution in [0.15, 0.2) is 35.7 Å². The topological polar surface area (TPSA) is 60.9 Å². The number of hydrogen-bond donors (Lipinski definition) is 0. The second kappa shape index (κ2) is 9.59. The van der Waals surface area contributed by atoms with E-state index < -0.39 is 0 Å². The van der Waals surface area contributed by atoms with Crippen molar-refractivity contribution >= 4 is 52.3 Å². The van der Waals surface area contributed by atoms with Crippen molar-refractivity contribution in [2.75, 3.05) is 39.3 Å². The Morgan fingerprint density at radius 2 is 1.39 bits per heavy atom. The van der Waals surface area contributed by atoms with E-state index in [0.717, 1.165) is 4.88 Å². The molecule has 0 saturated carbocycles. The third kappa shape index (κ3) is 5.05. The molecule has 0 N–H and O–H groups in total. The molecule has 1 aromatic heterocycles. The van der Waals surface area contributed by atoms with Crippen molar-refractivity contribution in [3.63, 3.8) is 0 Å². The van der Waals surface area contributed by atoms with Gasteiger partial charge in [0.1, 0.15) is 0 Å². The van der Waals surface area contributed by atoms with E-state index in [0.29, 0.717) is 67.7 Å². The molecular formula is C22H23Cl2N3O3S. The Bertz CT molecular complexity index is 946. The highest BCUT2D eigenvalue weighted by atomic mass is 35.5. The minimum atomic E-state index is -0.128. The zero-order valence-corrected chi connectivity index (χ0v) is 19.3. The van der Waals surface area contributed by atoms with E-state index in [1.54, 1.807) is 23.1 Å². The summed E-state index contributed by atoms with van der Waals surface area (Å²) >= 11 is 13.5. The largest absolute Gasteiger partial charge is 0.339 e. The number of rotatable bonds is 3. The van der Waals surface area contributed by atoms with E-state index in [1.165, 1.54) is 11.3 Å². The monoisotopic (exact) mass is 479 g/mol. The van der Waals surface area contributed by atoms with Gasteiger partial charge in [0, 0.05) is 60.8 Å². The first-order chi connectivity index (χ1) is 14.9. The molecule has 2 aromatic rings. The molecule has 0 radical (unpaired) electrons. The Morgan fingerprint density at radius 3 is 1.97 bits per heavy atom. The van der Waals surface area contributed by atoms with Gasteiger partial charge in [0.05, 0.1) is 4.88 Å². The van der Waals surface area contributed by atoms with Gasteiger partial charge in [-0.2, -0.15) is 0 Å². The number of carbonyl (C=O) groups is 3. The molecule has 0 bridgehead atoms. The predicted molar refractivity (Wildman–Crippen MR) is 122 cm³/mol. The number of likely N-dealkylation sites (tertiary alicyclic amines) is 1. The number of amides is 3. The fraction of sp³-hybridized carbons (Fsp3) is 0.409. The number of piperazine rings is 1. The quantitative estimate of drug-likeness (QED) is 0.670. The van der Waals surface area contributed by atoms with Crippen LogP contribution in [-0.2, 0) is 4.79 Å². The van der Waals surface area contributed by atoms with Crippen molar-refractivity contribution in [2.45, 2.75) is 12.8 Å². The average molecular weight is 480 g/mol. The minimum absolute atomic E-state index is 0.0501. The lowest BCUT2D eigenvalue weighted by atomic mass is 9.94. The molecule has 0 aliphatic carbocycles. The number of nitrogens with zero attached hydrogens (tertiary/aromatic N) is 3. The van der Waals surface area contributed by atoms with Crippen LogP contribution in [0, 0.1) is 5.92 Å². The second-order valence-corrected chi connectivity index (χ2v) is 9.64. The molecule has 0 spiro atoms. The summed E-state index contributed by atoms with van der Waals surface area (Å²) in [5.74, 6) is -0.0199. The molecule has 3 amide bonds. The summed E-state index contributed by atoms with van der Waals surface area (Å²) in [6.07, 6.45) is 1.35. The van der Waals surface area contributed by atoms with Crippen LogP contribution in [0.25, 0.3) is 0 Å². The summed E-state index contributed by atoms with van der Waals surface area (Å²) in [5, 5.41) is 2.75. The zero-order valence-electron chi connectivity index (χ0n) is 16.9. The Kier molecular flexibility index (Phi) is 6.84. The van der Waals surface area contributed by atoms with Crippen molar-refractivity contribution in [3.8, 4) is 0 Å². The average Bonchev–Trinajstić information content (AvgIpc) is 3.32. The van der Waals surface area contributed by atoms with Gasteiger partial charge in [0.2, 0.25) is 5.91 Å². The fourth-order valence-corrected chi connectivity index (χ4v) is 5.35. The van der Waals surface area contributed by atoms with Crippen LogP contribution in [-0.4, -0.2) is 71.7 Å². The maximum atomic E-state index is 13.0. The number of piperidine rings is 1. The van der Waals surface area contributed by atoms with Crippen LogP contribution in [0.5, 0.6) is 0 Å². The Labute approximate surface area is 195 Å². The molecule has 0 unspecified atom stereocenters. The van der Waals surface area contributed by atoms with Gasteiger partial charge in [-0.3, -0.25) is 14.4 Å². The van der Waals surface area contributed by atoms with Crippen LogP contribution >= 0.6 is 34.5 Å². The third-order valence-corrected chi connectivity index (χ3v) is 7.15. The predicted octanol–water partition coefficient (Wildman–Crippen LogP) is 3.89. The van der Waals surface area contributed by atoms with Gasteiger partial charge in [-0.25, -0.2) is 0 Å². The highest BCUT2D eigenvalue weighted by molar-refractivity contribution is 7.12. The molecule has 4 rings (SSSR count). The van der Waals surface area contributed by atoms with E-state index in [2.05, 4.69) is 0 Å². The van der Waals surface area contributed by atoms with E-state index in [-0.39, 0.29) is 23.6 Å². The van der Waals surface area contributed by atoms with E-state index in [4.69, 9.17) is 23.2 Å². The van der Waals surface area contributed by atoms with Gasteiger partial charge in [-0.1, -0.05) is 29.3 Å². The summed E-state index contributed by atoms with van der Waals surface area (Å²) in [4.78, 5) is 44.4. The SMILES string of the molecule is O=C(c1cc(Cl)cc(Cl)c1)N1CCN(C(=O)C2CCN(C(=O)c3cccs3)CC2)CC1. The first-order valence-electron chi connectivity index (χ1n) is 10.3. The standard InChI is InChI=1S/C22H23Cl2N3O3S/c23-17-12-16(13-18(24)14-17)21(29)27-9-7-26(8-10-27)20(28)15-3-5-25(6-4-15)22(30)19-2-1-11-31-19/h1-2,11-15H,3-10H2. The van der Waals surface area contributed by atoms with Gasteiger partial charge in [0.15, 0.2) is 0 Å². The Morgan fingerprint density at radius 1 is 0.806 bits per heavy atom. The van der Waals surface area contributed by atoms with Crippen LogP contribution in [0.4, 0.5) is 0 Å². The van der Waals surface area contributed by atoms with E-state index in [9.17, 15) is 14.4 Å². The molecule has 31 heavy (non-hydrogen) atoms. The van der Waals surface area contributed by atoms with Gasteiger partial charge in [-0.05, 0) is 42.5 Å². The van der Waals surface area contributed by atoms with Crippen molar-refractivity contribution < 1.29 is 14.4 Å². The summed E-state index contributed by atoms with van der Waals surface area (Å²) in [7, 11) is 0. The third-order valence-electron chi connectivity index (χ3n) is 5.85. The molecule has 2 aliphatic rings. The number of benzene rings is 1. The minimum Gasteiger partial charge on any atom is -0.339 e. The van der Waals surface area contributed by atoms with Crippen LogP contribution in [0.3, 0.4) is 0 Å². The van der Waals surface area contributed by atoms with Gasteiger partial charge in [-0.15, -0.1) is 11.3 Å². The molecule has 6 nitrogen and oxygen atoms in total. The maximum Gasteiger partial charge on any atom is 0.263 e. The Hall–Kier alpha value is -2.09. The number of thiophene rings is 1. The second-order valence-electron chi connectivity index (χ2n) is 7.82. The summed E-state index contributed by atoms with van der Waals surface area (Å²) in [6.45, 7) is 3.16. The zero-order chi connectivity index (χ0) is 22.0. The lowest BCUT2D eigenvalue weighted by Gasteiger charge is -2.38. The van der Waals surface area contributed by atoms with Gasteiger partial charge in [0.25, 0.3) is 11.8 Å². The molecule has 9 heteroatoms. The maximum absolute atomic E-state index is 13.0. The van der Waals surface area contributed by atoms with Gasteiger partial charge >= 0.3 is 0 Å². The molecule has 2 fully saturated rings. The van der Waals surface area contributed by atoms with E-state index >= 15 is 0 Å². The molecule has 3 heterocycles. The summed E-state index contributed by atoms with van der Waals surface area (Å²) in [6, 6.07) is 8.52. The lowest BCUT2D eigenvalue weighted by Crippen LogP contribution is -2.53. The van der Waals surface area contributed by atoms with Crippen LogP contribution < -0.4 is 0 Å². The molecule has 0 atom stereocenters. The number of carbonyl (C=O) groups excluding carboxylic acids is 3. The summed E-state index contributed by atoms with van der Waals surface area (Å²) in [5.41, 5.74) is 0.458. The highest BCUT2D eigenvalue weighted by Crippen LogP contribution is 2.24. The normalized spacial score (nSPS) is 17.7. The molecule has 1 aromatic carbocycles. The Balaban J connectivity index is 1.28. The number of hydrogen-bond acceptors (Lipinski definition) is 4. The van der Waals surface area contributed by atoms with Crippen molar-refractivity contribution in [1.29, 1.82) is 0 Å². The van der Waals surface area contributed by atoms with Crippen LogP contribution in [0.2, 0.25) is 10.0 Å². The van der Waals surface area contributed by atoms with E-state index in [1.807, 2.05) is 27.3 Å².